The molecule has 0 fully saturated rings. The van der Waals surface area contributed by atoms with E-state index in [1.807, 2.05) is 70.2 Å². The van der Waals surface area contributed by atoms with Crippen molar-refractivity contribution in [2.45, 2.75) is 65.8 Å². The van der Waals surface area contributed by atoms with E-state index in [0.717, 1.165) is 44.6 Å². The molecule has 0 spiro atoms. The van der Waals surface area contributed by atoms with Gasteiger partial charge in [0.15, 0.2) is 11.5 Å². The molecule has 5 rings (SSSR count). The second-order valence-corrected chi connectivity index (χ2v) is 12.7. The van der Waals surface area contributed by atoms with Crippen molar-refractivity contribution < 1.29 is 14.3 Å². The summed E-state index contributed by atoms with van der Waals surface area (Å²) in [6, 6.07) is 17.5. The highest BCUT2D eigenvalue weighted by Gasteiger charge is 2.35. The van der Waals surface area contributed by atoms with Gasteiger partial charge in [0.25, 0.3) is 5.91 Å². The van der Waals surface area contributed by atoms with E-state index in [9.17, 15) is 4.79 Å². The van der Waals surface area contributed by atoms with Gasteiger partial charge in [0, 0.05) is 17.1 Å². The first kappa shape index (κ1) is 31.7. The number of benzene rings is 3. The predicted molar refractivity (Wildman–Crippen MR) is 181 cm³/mol. The van der Waals surface area contributed by atoms with Crippen LogP contribution in [0.2, 0.25) is 0 Å². The molecule has 44 heavy (non-hydrogen) atoms. The Hall–Kier alpha value is -3.76. The number of halogens is 1. The molecule has 1 atom stereocenters. The van der Waals surface area contributed by atoms with E-state index in [1.165, 1.54) is 5.56 Å². The first-order chi connectivity index (χ1) is 21.2. The molecule has 0 radical (unpaired) electrons. The Kier molecular flexibility index (Phi) is 10.0. The number of rotatable bonds is 11. The third kappa shape index (κ3) is 6.81. The van der Waals surface area contributed by atoms with E-state index >= 15 is 0 Å². The van der Waals surface area contributed by atoms with E-state index in [-0.39, 0.29) is 5.91 Å². The van der Waals surface area contributed by atoms with Crippen molar-refractivity contribution in [2.24, 2.45) is 0 Å². The summed E-state index contributed by atoms with van der Waals surface area (Å²) in [5, 5.41) is 12.0. The Labute approximate surface area is 271 Å². The Bertz CT molecular complexity index is 1720. The summed E-state index contributed by atoms with van der Waals surface area (Å²) in [4.78, 5) is 18.9. The summed E-state index contributed by atoms with van der Waals surface area (Å²) in [7, 11) is 0. The maximum absolute atomic E-state index is 14.1. The highest BCUT2D eigenvalue weighted by Crippen LogP contribution is 2.44. The summed E-state index contributed by atoms with van der Waals surface area (Å²) < 4.78 is 14.9. The number of aryl methyl sites for hydroxylation is 2. The lowest BCUT2D eigenvalue weighted by Crippen LogP contribution is -2.31. The smallest absolute Gasteiger partial charge is 0.255 e. The third-order valence-electron chi connectivity index (χ3n) is 7.48. The van der Waals surface area contributed by atoms with Gasteiger partial charge in [0.1, 0.15) is 12.6 Å². The zero-order valence-electron chi connectivity index (χ0n) is 26.0. The molecule has 0 saturated heterocycles. The molecule has 0 saturated carbocycles. The minimum absolute atomic E-state index is 0.216. The summed E-state index contributed by atoms with van der Waals surface area (Å²) in [6.07, 6.45) is 1.00. The number of fused-ring (bicyclic) bond motifs is 1. The number of ether oxygens (including phenoxy) is 2. The average Bonchev–Trinajstić information content (AvgIpc) is 3.39. The number of thioether (sulfide) groups is 1. The fraction of sp³-hybridized carbons (Fsp3) is 0.324. The minimum Gasteiger partial charge on any atom is -0.490 e. The molecular weight excluding hydrogens is 638 g/mol. The van der Waals surface area contributed by atoms with Gasteiger partial charge >= 0.3 is 0 Å². The topological polar surface area (TPSA) is 90.3 Å². The van der Waals surface area contributed by atoms with Gasteiger partial charge in [-0.05, 0) is 97.4 Å². The lowest BCUT2D eigenvalue weighted by Gasteiger charge is -2.29. The molecule has 8 nitrogen and oxygen atoms in total. The highest BCUT2D eigenvalue weighted by atomic mass is 79.9. The van der Waals surface area contributed by atoms with Gasteiger partial charge in [-0.2, -0.15) is 4.98 Å². The number of carbonyl (C=O) groups excluding carboxylic acids is 1. The summed E-state index contributed by atoms with van der Waals surface area (Å²) in [5.74, 6) is 2.45. The minimum atomic E-state index is -0.568. The number of hydrogen-bond donors (Lipinski definition) is 2. The van der Waals surface area contributed by atoms with Crippen LogP contribution in [0.3, 0.4) is 0 Å². The van der Waals surface area contributed by atoms with Crippen molar-refractivity contribution in [3.05, 3.63) is 98.2 Å². The number of allylic oxidation sites excluding steroid dienone is 1. The van der Waals surface area contributed by atoms with Crippen LogP contribution in [-0.2, 0) is 11.4 Å². The van der Waals surface area contributed by atoms with Gasteiger partial charge in [0.05, 0.1) is 16.7 Å². The number of amides is 1. The molecule has 3 aromatic carbocycles. The molecule has 1 aliphatic heterocycles. The summed E-state index contributed by atoms with van der Waals surface area (Å²) in [6.45, 7) is 12.9. The molecule has 2 N–H and O–H groups in total. The number of hydrogen-bond acceptors (Lipinski definition) is 7. The van der Waals surface area contributed by atoms with Crippen molar-refractivity contribution in [1.29, 1.82) is 0 Å². The standard InChI is InChI=1S/C34H38BrN5O3S/c1-7-15-44-34-38-33-36-23(6)29(32(41)37-27-14-10-12-21(4)22(27)5)30(40(33)39-34)25-17-26(35)31(28(18-25)42-8-2)43-19-24-13-9-11-20(3)16-24/h9-14,16-18,30H,7-8,15,19H2,1-6H3,(H,37,41)(H,36,38,39). The second kappa shape index (κ2) is 13.9. The number of aromatic nitrogens is 3. The van der Waals surface area contributed by atoms with Crippen LogP contribution in [0.25, 0.3) is 0 Å². The number of anilines is 2. The monoisotopic (exact) mass is 675 g/mol. The number of nitrogens with one attached hydrogen (secondary N) is 2. The maximum atomic E-state index is 14.1. The van der Waals surface area contributed by atoms with Gasteiger partial charge in [-0.3, -0.25) is 4.79 Å². The lowest BCUT2D eigenvalue weighted by molar-refractivity contribution is -0.113. The molecule has 0 bridgehead atoms. The quantitative estimate of drug-likeness (QED) is 0.154. The maximum Gasteiger partial charge on any atom is 0.255 e. The molecule has 1 amide bonds. The van der Waals surface area contributed by atoms with Crippen LogP contribution in [0.5, 0.6) is 11.5 Å². The Morgan fingerprint density at radius 1 is 1.07 bits per heavy atom. The fourth-order valence-electron chi connectivity index (χ4n) is 5.17. The second-order valence-electron chi connectivity index (χ2n) is 10.8. The van der Waals surface area contributed by atoms with E-state index in [4.69, 9.17) is 19.6 Å². The van der Waals surface area contributed by atoms with Crippen molar-refractivity contribution in [3.63, 3.8) is 0 Å². The summed E-state index contributed by atoms with van der Waals surface area (Å²) >= 11 is 5.35. The normalized spacial score (nSPS) is 14.2. The van der Waals surface area contributed by atoms with Gasteiger partial charge in [-0.15, -0.1) is 5.10 Å². The van der Waals surface area contributed by atoms with Crippen LogP contribution < -0.4 is 20.1 Å². The highest BCUT2D eigenvalue weighted by molar-refractivity contribution is 9.10. The van der Waals surface area contributed by atoms with Gasteiger partial charge in [-0.1, -0.05) is 60.6 Å². The SMILES string of the molecule is CCCSc1nc2n(n1)C(c1cc(Br)c(OCc3cccc(C)c3)c(OCC)c1)C(C(=O)Nc1cccc(C)c1C)=C(C)N2. The lowest BCUT2D eigenvalue weighted by atomic mass is 9.94. The van der Waals surface area contributed by atoms with E-state index in [1.54, 1.807) is 16.4 Å². The first-order valence-corrected chi connectivity index (χ1v) is 16.6. The van der Waals surface area contributed by atoms with Crippen LogP contribution >= 0.6 is 27.7 Å². The molecule has 10 heteroatoms. The predicted octanol–water partition coefficient (Wildman–Crippen LogP) is 8.37. The van der Waals surface area contributed by atoms with Crippen LogP contribution in [0.4, 0.5) is 11.6 Å². The van der Waals surface area contributed by atoms with Crippen LogP contribution in [0, 0.1) is 20.8 Å². The number of nitrogens with zero attached hydrogens (tertiary/aromatic N) is 3. The van der Waals surface area contributed by atoms with E-state index < -0.39 is 6.04 Å². The molecule has 4 aromatic rings. The van der Waals surface area contributed by atoms with Crippen LogP contribution in [0.15, 0.2) is 75.5 Å². The molecule has 0 aliphatic carbocycles. The van der Waals surface area contributed by atoms with Crippen molar-refractivity contribution in [1.82, 2.24) is 14.8 Å². The Morgan fingerprint density at radius 2 is 1.86 bits per heavy atom. The van der Waals surface area contributed by atoms with Crippen LogP contribution in [-0.4, -0.2) is 33.0 Å². The molecule has 1 unspecified atom stereocenters. The Morgan fingerprint density at radius 3 is 2.61 bits per heavy atom. The van der Waals surface area contributed by atoms with Gasteiger partial charge < -0.3 is 20.1 Å². The Balaban J connectivity index is 1.58. The third-order valence-corrected chi connectivity index (χ3v) is 9.11. The molecule has 1 aromatic heterocycles. The number of carbonyl (C=O) groups is 1. The average molecular weight is 677 g/mol. The zero-order valence-corrected chi connectivity index (χ0v) is 28.4. The first-order valence-electron chi connectivity index (χ1n) is 14.8. The molecule has 2 heterocycles. The molecule has 230 valence electrons. The molecule has 1 aliphatic rings. The van der Waals surface area contributed by atoms with Gasteiger partial charge in [-0.25, -0.2) is 4.68 Å². The van der Waals surface area contributed by atoms with Crippen molar-refractivity contribution >= 4 is 45.2 Å². The molecular formula is C34H38BrN5O3S. The van der Waals surface area contributed by atoms with E-state index in [2.05, 4.69) is 52.5 Å². The summed E-state index contributed by atoms with van der Waals surface area (Å²) in [5.41, 5.74) is 7.20. The zero-order chi connectivity index (χ0) is 31.4. The van der Waals surface area contributed by atoms with Crippen molar-refractivity contribution in [2.75, 3.05) is 23.0 Å². The van der Waals surface area contributed by atoms with Crippen molar-refractivity contribution in [3.8, 4) is 11.5 Å². The van der Waals surface area contributed by atoms with Crippen LogP contribution in [0.1, 0.15) is 61.1 Å². The van der Waals surface area contributed by atoms with E-state index in [0.29, 0.717) is 47.1 Å². The van der Waals surface area contributed by atoms with Gasteiger partial charge in [0.2, 0.25) is 11.1 Å². The largest absolute Gasteiger partial charge is 0.490 e. The fourth-order valence-corrected chi connectivity index (χ4v) is 6.43.